The van der Waals surface area contributed by atoms with Crippen molar-refractivity contribution < 1.29 is 14.3 Å². The summed E-state index contributed by atoms with van der Waals surface area (Å²) < 4.78 is 5.90. The summed E-state index contributed by atoms with van der Waals surface area (Å²) in [5.74, 6) is 1.07. The van der Waals surface area contributed by atoms with Crippen molar-refractivity contribution in [3.63, 3.8) is 0 Å². The molecule has 2 amide bonds. The van der Waals surface area contributed by atoms with Gasteiger partial charge in [-0.05, 0) is 42.0 Å². The second kappa shape index (κ2) is 9.57. The van der Waals surface area contributed by atoms with E-state index in [1.54, 1.807) is 35.4 Å². The number of nitrogens with zero attached hydrogens (tertiary/aromatic N) is 4. The standard InChI is InChI=1S/C26H23ClN4O3/c27-20-8-2-1-7-19(20)17-23-26(33)31(21-9-3-4-10-22(21)34-23)18-25(32)30-15-13-29(14-16-30)24-11-5-6-12-28-24/h1-12,17H,13-16,18H2. The third-order valence-electron chi connectivity index (χ3n) is 5.92. The Morgan fingerprint density at radius 2 is 1.71 bits per heavy atom. The molecule has 1 fully saturated rings. The number of amides is 2. The number of fused-ring (bicyclic) bond motifs is 1. The van der Waals surface area contributed by atoms with Crippen molar-refractivity contribution in [1.82, 2.24) is 9.88 Å². The number of halogens is 1. The maximum Gasteiger partial charge on any atom is 0.294 e. The van der Waals surface area contributed by atoms with Crippen molar-refractivity contribution in [3.8, 4) is 5.75 Å². The maximum absolute atomic E-state index is 13.4. The third-order valence-corrected chi connectivity index (χ3v) is 6.27. The Balaban J connectivity index is 1.33. The van der Waals surface area contributed by atoms with E-state index in [9.17, 15) is 9.59 Å². The fraction of sp³-hybridized carbons (Fsp3) is 0.192. The summed E-state index contributed by atoms with van der Waals surface area (Å²) in [5.41, 5.74) is 1.24. The summed E-state index contributed by atoms with van der Waals surface area (Å²) in [6, 6.07) is 20.2. The lowest BCUT2D eigenvalue weighted by Crippen LogP contribution is -2.52. The van der Waals surface area contributed by atoms with Crippen LogP contribution in [0.5, 0.6) is 5.75 Å². The first-order valence-corrected chi connectivity index (χ1v) is 11.5. The molecule has 0 saturated carbocycles. The summed E-state index contributed by atoms with van der Waals surface area (Å²) in [4.78, 5) is 36.4. The fourth-order valence-corrected chi connectivity index (χ4v) is 4.30. The molecule has 8 heteroatoms. The van der Waals surface area contributed by atoms with E-state index in [0.29, 0.717) is 48.2 Å². The number of pyridine rings is 1. The molecular weight excluding hydrogens is 452 g/mol. The summed E-state index contributed by atoms with van der Waals surface area (Å²) in [6.45, 7) is 2.45. The Kier molecular flexibility index (Phi) is 6.18. The maximum atomic E-state index is 13.4. The van der Waals surface area contributed by atoms with Crippen LogP contribution in [-0.2, 0) is 9.59 Å². The van der Waals surface area contributed by atoms with Crippen LogP contribution in [0.1, 0.15) is 5.56 Å². The van der Waals surface area contributed by atoms with E-state index >= 15 is 0 Å². The molecule has 5 rings (SSSR count). The van der Waals surface area contributed by atoms with E-state index in [1.165, 1.54) is 4.90 Å². The number of hydrogen-bond acceptors (Lipinski definition) is 5. The highest BCUT2D eigenvalue weighted by Gasteiger charge is 2.33. The molecule has 0 aliphatic carbocycles. The first-order valence-electron chi connectivity index (χ1n) is 11.1. The van der Waals surface area contributed by atoms with E-state index in [-0.39, 0.29) is 24.1 Å². The molecule has 2 aromatic carbocycles. The number of hydrogen-bond donors (Lipinski definition) is 0. The number of carbonyl (C=O) groups excluding carboxylic acids is 2. The van der Waals surface area contributed by atoms with Crippen molar-refractivity contribution in [1.29, 1.82) is 0 Å². The minimum Gasteiger partial charge on any atom is -0.449 e. The quantitative estimate of drug-likeness (QED) is 0.537. The number of anilines is 2. The zero-order valence-corrected chi connectivity index (χ0v) is 19.2. The van der Waals surface area contributed by atoms with Gasteiger partial charge in [-0.2, -0.15) is 0 Å². The van der Waals surface area contributed by atoms with Gasteiger partial charge in [0.25, 0.3) is 5.91 Å². The van der Waals surface area contributed by atoms with Gasteiger partial charge in [-0.3, -0.25) is 14.5 Å². The number of para-hydroxylation sites is 2. The zero-order valence-electron chi connectivity index (χ0n) is 18.4. The first kappa shape index (κ1) is 22.0. The average molecular weight is 475 g/mol. The molecule has 0 unspecified atom stereocenters. The van der Waals surface area contributed by atoms with Gasteiger partial charge in [-0.1, -0.05) is 48.0 Å². The van der Waals surface area contributed by atoms with Crippen molar-refractivity contribution in [2.45, 2.75) is 0 Å². The van der Waals surface area contributed by atoms with E-state index < -0.39 is 0 Å². The molecule has 0 bridgehead atoms. The molecule has 0 N–H and O–H groups in total. The van der Waals surface area contributed by atoms with Crippen LogP contribution in [0.15, 0.2) is 78.7 Å². The van der Waals surface area contributed by atoms with E-state index in [1.807, 2.05) is 48.5 Å². The molecule has 0 spiro atoms. The monoisotopic (exact) mass is 474 g/mol. The number of aromatic nitrogens is 1. The van der Waals surface area contributed by atoms with E-state index in [4.69, 9.17) is 16.3 Å². The average Bonchev–Trinajstić information content (AvgIpc) is 2.88. The summed E-state index contributed by atoms with van der Waals surface area (Å²) in [5, 5.41) is 0.513. The smallest absolute Gasteiger partial charge is 0.294 e. The molecule has 34 heavy (non-hydrogen) atoms. The Hall–Kier alpha value is -3.84. The van der Waals surface area contributed by atoms with Crippen molar-refractivity contribution >= 4 is 41.0 Å². The molecule has 3 aromatic rings. The second-order valence-electron chi connectivity index (χ2n) is 8.05. The molecule has 0 atom stereocenters. The molecular formula is C26H23ClN4O3. The Morgan fingerprint density at radius 1 is 0.971 bits per heavy atom. The lowest BCUT2D eigenvalue weighted by molar-refractivity contribution is -0.131. The molecule has 1 aromatic heterocycles. The molecule has 2 aliphatic rings. The minimum atomic E-state index is -0.376. The van der Waals surface area contributed by atoms with Gasteiger partial charge in [0.15, 0.2) is 11.5 Å². The highest BCUT2D eigenvalue weighted by Crippen LogP contribution is 2.36. The van der Waals surface area contributed by atoms with Crippen LogP contribution in [0.4, 0.5) is 11.5 Å². The Labute approximate surface area is 202 Å². The molecule has 172 valence electrons. The van der Waals surface area contributed by atoms with Crippen molar-refractivity contribution in [3.05, 3.63) is 89.3 Å². The van der Waals surface area contributed by atoms with Gasteiger partial charge in [0, 0.05) is 37.4 Å². The lowest BCUT2D eigenvalue weighted by atomic mass is 10.1. The number of rotatable bonds is 4. The number of benzene rings is 2. The van der Waals surface area contributed by atoms with Crippen LogP contribution in [0.2, 0.25) is 5.02 Å². The third kappa shape index (κ3) is 4.47. The molecule has 0 radical (unpaired) electrons. The zero-order chi connectivity index (χ0) is 23.5. The van der Waals surface area contributed by atoms with Crippen LogP contribution in [0.25, 0.3) is 6.08 Å². The Bertz CT molecular complexity index is 1240. The van der Waals surface area contributed by atoms with E-state index in [0.717, 1.165) is 5.82 Å². The number of ether oxygens (including phenoxy) is 1. The van der Waals surface area contributed by atoms with Crippen molar-refractivity contribution in [2.75, 3.05) is 42.5 Å². The molecule has 3 heterocycles. The van der Waals surface area contributed by atoms with Crippen LogP contribution >= 0.6 is 11.6 Å². The predicted octanol–water partition coefficient (Wildman–Crippen LogP) is 3.85. The molecule has 1 saturated heterocycles. The van der Waals surface area contributed by atoms with Gasteiger partial charge in [-0.15, -0.1) is 0 Å². The van der Waals surface area contributed by atoms with Gasteiger partial charge in [-0.25, -0.2) is 4.98 Å². The largest absolute Gasteiger partial charge is 0.449 e. The summed E-state index contributed by atoms with van der Waals surface area (Å²) >= 11 is 6.28. The van der Waals surface area contributed by atoms with E-state index in [2.05, 4.69) is 9.88 Å². The van der Waals surface area contributed by atoms with Crippen molar-refractivity contribution in [2.24, 2.45) is 0 Å². The second-order valence-corrected chi connectivity index (χ2v) is 8.45. The van der Waals surface area contributed by atoms with Crippen LogP contribution in [0.3, 0.4) is 0 Å². The fourth-order valence-electron chi connectivity index (χ4n) is 4.11. The Morgan fingerprint density at radius 3 is 2.47 bits per heavy atom. The van der Waals surface area contributed by atoms with Gasteiger partial charge < -0.3 is 14.5 Å². The number of piperazine rings is 1. The van der Waals surface area contributed by atoms with Gasteiger partial charge in [0.2, 0.25) is 5.91 Å². The first-order chi connectivity index (χ1) is 16.6. The lowest BCUT2D eigenvalue weighted by Gasteiger charge is -2.37. The van der Waals surface area contributed by atoms with Gasteiger partial charge in [0.05, 0.1) is 5.69 Å². The molecule has 2 aliphatic heterocycles. The predicted molar refractivity (Wildman–Crippen MR) is 132 cm³/mol. The van der Waals surface area contributed by atoms with Gasteiger partial charge in [0.1, 0.15) is 12.4 Å². The summed E-state index contributed by atoms with van der Waals surface area (Å²) in [6.07, 6.45) is 3.38. The van der Waals surface area contributed by atoms with Crippen LogP contribution < -0.4 is 14.5 Å². The van der Waals surface area contributed by atoms with Gasteiger partial charge >= 0.3 is 0 Å². The van der Waals surface area contributed by atoms with Crippen LogP contribution in [-0.4, -0.2) is 54.4 Å². The molecule has 7 nitrogen and oxygen atoms in total. The highest BCUT2D eigenvalue weighted by atomic mass is 35.5. The minimum absolute atomic E-state index is 0.0668. The topological polar surface area (TPSA) is 66.0 Å². The summed E-state index contributed by atoms with van der Waals surface area (Å²) in [7, 11) is 0. The number of carbonyl (C=O) groups is 2. The normalized spacial score (nSPS) is 16.9. The highest BCUT2D eigenvalue weighted by molar-refractivity contribution is 6.32. The SMILES string of the molecule is O=C(CN1C(=O)C(=Cc2ccccc2Cl)Oc2ccccc21)N1CCN(c2ccccn2)CC1. The van der Waals surface area contributed by atoms with Crippen LogP contribution in [0, 0.1) is 0 Å².